The van der Waals surface area contributed by atoms with Gasteiger partial charge in [0.15, 0.2) is 0 Å². The SMILES string of the molecule is NC(=O)N(CCO)CC(F)F. The number of nitrogens with zero attached hydrogens (tertiary/aromatic N) is 1. The number of hydrogen-bond donors (Lipinski definition) is 2. The second-order valence-corrected chi connectivity index (χ2v) is 1.90. The highest BCUT2D eigenvalue weighted by Gasteiger charge is 2.13. The molecule has 0 saturated heterocycles. The first-order valence-corrected chi connectivity index (χ1v) is 3.01. The van der Waals surface area contributed by atoms with Crippen LogP contribution in [0.5, 0.6) is 0 Å². The Bertz CT molecular complexity index is 132. The third-order valence-corrected chi connectivity index (χ3v) is 1.04. The summed E-state index contributed by atoms with van der Waals surface area (Å²) in [7, 11) is 0. The maximum Gasteiger partial charge on any atom is 0.315 e. The van der Waals surface area contributed by atoms with E-state index in [1.165, 1.54) is 0 Å². The Labute approximate surface area is 62.6 Å². The second-order valence-electron chi connectivity index (χ2n) is 1.90. The van der Waals surface area contributed by atoms with E-state index in [1.807, 2.05) is 0 Å². The number of hydrogen-bond acceptors (Lipinski definition) is 2. The molecule has 0 aromatic rings. The van der Waals surface area contributed by atoms with Crippen molar-refractivity contribution < 1.29 is 18.7 Å². The van der Waals surface area contributed by atoms with Crippen LogP contribution < -0.4 is 5.73 Å². The number of carbonyl (C=O) groups is 1. The van der Waals surface area contributed by atoms with Gasteiger partial charge in [0.2, 0.25) is 0 Å². The third kappa shape index (κ3) is 4.49. The van der Waals surface area contributed by atoms with Crippen LogP contribution in [0.2, 0.25) is 0 Å². The van der Waals surface area contributed by atoms with E-state index in [0.717, 1.165) is 0 Å². The monoisotopic (exact) mass is 168 g/mol. The fraction of sp³-hybridized carbons (Fsp3) is 0.800. The van der Waals surface area contributed by atoms with Crippen molar-refractivity contribution in [2.24, 2.45) is 5.73 Å². The summed E-state index contributed by atoms with van der Waals surface area (Å²) in [5, 5.41) is 8.30. The normalized spacial score (nSPS) is 10.2. The number of alkyl halides is 2. The van der Waals surface area contributed by atoms with Crippen molar-refractivity contribution in [3.05, 3.63) is 0 Å². The van der Waals surface area contributed by atoms with E-state index >= 15 is 0 Å². The topological polar surface area (TPSA) is 66.6 Å². The van der Waals surface area contributed by atoms with Crippen LogP contribution in [0.15, 0.2) is 0 Å². The van der Waals surface area contributed by atoms with Gasteiger partial charge in [0.1, 0.15) is 0 Å². The number of aliphatic hydroxyl groups excluding tert-OH is 1. The summed E-state index contributed by atoms with van der Waals surface area (Å²) in [4.78, 5) is 11.0. The molecule has 0 radical (unpaired) electrons. The van der Waals surface area contributed by atoms with Crippen LogP contribution in [0, 0.1) is 0 Å². The van der Waals surface area contributed by atoms with Gasteiger partial charge in [-0.05, 0) is 0 Å². The van der Waals surface area contributed by atoms with Gasteiger partial charge in [-0.15, -0.1) is 0 Å². The fourth-order valence-corrected chi connectivity index (χ4v) is 0.579. The van der Waals surface area contributed by atoms with Crippen molar-refractivity contribution in [3.8, 4) is 0 Å². The van der Waals surface area contributed by atoms with Gasteiger partial charge in [-0.2, -0.15) is 0 Å². The molecular formula is C5H10F2N2O2. The highest BCUT2D eigenvalue weighted by molar-refractivity contribution is 5.71. The molecule has 0 bridgehead atoms. The zero-order valence-electron chi connectivity index (χ0n) is 5.83. The Balaban J connectivity index is 3.79. The summed E-state index contributed by atoms with van der Waals surface area (Å²) in [6.07, 6.45) is -2.62. The van der Waals surface area contributed by atoms with Crippen LogP contribution in [0.3, 0.4) is 0 Å². The average Bonchev–Trinajstić information content (AvgIpc) is 1.86. The van der Waals surface area contributed by atoms with Crippen molar-refractivity contribution in [1.82, 2.24) is 4.90 Å². The Hall–Kier alpha value is -0.910. The van der Waals surface area contributed by atoms with E-state index in [2.05, 4.69) is 0 Å². The Morgan fingerprint density at radius 1 is 1.64 bits per heavy atom. The molecule has 66 valence electrons. The summed E-state index contributed by atoms with van der Waals surface area (Å²) < 4.78 is 23.3. The predicted octanol–water partition coefficient (Wildman–Crippen LogP) is -0.375. The van der Waals surface area contributed by atoms with Gasteiger partial charge in [0, 0.05) is 6.54 Å². The molecule has 0 atom stereocenters. The molecule has 6 heteroatoms. The largest absolute Gasteiger partial charge is 0.395 e. The second kappa shape index (κ2) is 4.84. The molecule has 4 nitrogen and oxygen atoms in total. The minimum atomic E-state index is -2.62. The van der Waals surface area contributed by atoms with Crippen molar-refractivity contribution >= 4 is 6.03 Å². The Kier molecular flexibility index (Phi) is 4.44. The van der Waals surface area contributed by atoms with Gasteiger partial charge in [0.25, 0.3) is 6.43 Å². The molecule has 0 aliphatic rings. The van der Waals surface area contributed by atoms with Gasteiger partial charge in [-0.3, -0.25) is 0 Å². The van der Waals surface area contributed by atoms with Crippen molar-refractivity contribution in [1.29, 1.82) is 0 Å². The summed E-state index contributed by atoms with van der Waals surface area (Å²) in [5.74, 6) is 0. The van der Waals surface area contributed by atoms with Crippen LogP contribution in [0.1, 0.15) is 0 Å². The van der Waals surface area contributed by atoms with Crippen LogP contribution in [-0.4, -0.2) is 42.2 Å². The molecule has 0 aliphatic carbocycles. The molecule has 0 aromatic carbocycles. The lowest BCUT2D eigenvalue weighted by Gasteiger charge is -2.17. The van der Waals surface area contributed by atoms with Crippen LogP contribution in [0.4, 0.5) is 13.6 Å². The summed E-state index contributed by atoms with van der Waals surface area (Å²) >= 11 is 0. The highest BCUT2D eigenvalue weighted by atomic mass is 19.3. The molecule has 0 fully saturated rings. The number of urea groups is 1. The fourth-order valence-electron chi connectivity index (χ4n) is 0.579. The van der Waals surface area contributed by atoms with Crippen molar-refractivity contribution in [2.45, 2.75) is 6.43 Å². The van der Waals surface area contributed by atoms with Crippen LogP contribution in [0.25, 0.3) is 0 Å². The summed E-state index contributed by atoms with van der Waals surface area (Å²) in [5.41, 5.74) is 4.71. The maximum absolute atomic E-state index is 11.6. The molecule has 0 saturated carbocycles. The van der Waals surface area contributed by atoms with E-state index in [4.69, 9.17) is 10.8 Å². The molecule has 0 aliphatic heterocycles. The van der Waals surface area contributed by atoms with Crippen molar-refractivity contribution in [3.63, 3.8) is 0 Å². The van der Waals surface area contributed by atoms with Crippen molar-refractivity contribution in [2.75, 3.05) is 19.7 Å². The lowest BCUT2D eigenvalue weighted by molar-refractivity contribution is 0.0930. The van der Waals surface area contributed by atoms with Gasteiger partial charge < -0.3 is 15.7 Å². The number of primary amides is 1. The van der Waals surface area contributed by atoms with E-state index in [9.17, 15) is 13.6 Å². The van der Waals surface area contributed by atoms with E-state index in [0.29, 0.717) is 4.90 Å². The maximum atomic E-state index is 11.6. The van der Waals surface area contributed by atoms with Crippen LogP contribution in [-0.2, 0) is 0 Å². The number of aliphatic hydroxyl groups is 1. The number of halogens is 2. The molecule has 11 heavy (non-hydrogen) atoms. The minimum Gasteiger partial charge on any atom is -0.395 e. The standard InChI is InChI=1S/C5H10F2N2O2/c6-4(7)3-9(1-2-10)5(8)11/h4,10H,1-3H2,(H2,8,11). The summed E-state index contributed by atoms with van der Waals surface area (Å²) in [6.45, 7) is -1.24. The van der Waals surface area contributed by atoms with E-state index in [1.54, 1.807) is 0 Å². The minimum absolute atomic E-state index is 0.153. The lowest BCUT2D eigenvalue weighted by Crippen LogP contribution is -2.40. The smallest absolute Gasteiger partial charge is 0.315 e. The third-order valence-electron chi connectivity index (χ3n) is 1.04. The van der Waals surface area contributed by atoms with Gasteiger partial charge in [0.05, 0.1) is 13.2 Å². The van der Waals surface area contributed by atoms with Crippen LogP contribution >= 0.6 is 0 Å². The van der Waals surface area contributed by atoms with Gasteiger partial charge in [-0.25, -0.2) is 13.6 Å². The molecule has 0 spiro atoms. The highest BCUT2D eigenvalue weighted by Crippen LogP contribution is 1.96. The van der Waals surface area contributed by atoms with Gasteiger partial charge >= 0.3 is 6.03 Å². The molecule has 0 unspecified atom stereocenters. The predicted molar refractivity (Wildman–Crippen MR) is 34.2 cm³/mol. The average molecular weight is 168 g/mol. The zero-order valence-corrected chi connectivity index (χ0v) is 5.83. The first kappa shape index (κ1) is 10.1. The number of rotatable bonds is 4. The lowest BCUT2D eigenvalue weighted by atomic mass is 10.5. The molecule has 2 amide bonds. The first-order valence-electron chi connectivity index (χ1n) is 3.01. The van der Waals surface area contributed by atoms with Gasteiger partial charge in [-0.1, -0.05) is 0 Å². The van der Waals surface area contributed by atoms with E-state index < -0.39 is 19.0 Å². The Morgan fingerprint density at radius 3 is 2.45 bits per heavy atom. The number of nitrogens with two attached hydrogens (primary N) is 1. The molecular weight excluding hydrogens is 158 g/mol. The number of amides is 2. The Morgan fingerprint density at radius 2 is 2.18 bits per heavy atom. The molecule has 0 rings (SSSR count). The first-order chi connectivity index (χ1) is 5.07. The molecule has 0 heterocycles. The molecule has 0 aromatic heterocycles. The quantitative estimate of drug-likeness (QED) is 0.601. The summed E-state index contributed by atoms with van der Waals surface area (Å²) in [6, 6.07) is -0.945. The zero-order chi connectivity index (χ0) is 8.85. The molecule has 3 N–H and O–H groups in total. The van der Waals surface area contributed by atoms with E-state index in [-0.39, 0.29) is 13.2 Å². The number of carbonyl (C=O) groups excluding carboxylic acids is 1.